The van der Waals surface area contributed by atoms with Crippen LogP contribution < -0.4 is 10.6 Å². The molecule has 1 aromatic heterocycles. The summed E-state index contributed by atoms with van der Waals surface area (Å²) in [6.07, 6.45) is 0.991. The third-order valence-corrected chi connectivity index (χ3v) is 4.17. The monoisotopic (exact) mass is 287 g/mol. The number of carbonyl (C=O) groups excluding carboxylic acids is 1. The Bertz CT molecular complexity index is 390. The average Bonchev–Trinajstić information content (AvgIpc) is 2.82. The third-order valence-electron chi connectivity index (χ3n) is 2.94. The van der Waals surface area contributed by atoms with Crippen molar-refractivity contribution in [2.45, 2.75) is 6.42 Å². The zero-order valence-electron chi connectivity index (χ0n) is 10.2. The van der Waals surface area contributed by atoms with Crippen molar-refractivity contribution in [1.29, 1.82) is 0 Å². The molecule has 18 heavy (non-hydrogen) atoms. The molecule has 4 nitrogen and oxygen atoms in total. The molecule has 0 spiro atoms. The van der Waals surface area contributed by atoms with Gasteiger partial charge in [-0.1, -0.05) is 11.6 Å². The number of rotatable bonds is 5. The number of nitrogens with one attached hydrogen (secondary N) is 2. The van der Waals surface area contributed by atoms with Crippen molar-refractivity contribution in [2.75, 3.05) is 39.3 Å². The Kier molecular flexibility index (Phi) is 5.44. The fourth-order valence-corrected chi connectivity index (χ4v) is 2.92. The molecule has 1 aliphatic rings. The molecule has 0 atom stereocenters. The van der Waals surface area contributed by atoms with Crippen LogP contribution in [-0.2, 0) is 0 Å². The van der Waals surface area contributed by atoms with Gasteiger partial charge in [0.25, 0.3) is 5.91 Å². The van der Waals surface area contributed by atoms with E-state index < -0.39 is 0 Å². The van der Waals surface area contributed by atoms with Crippen LogP contribution in [-0.4, -0.2) is 50.1 Å². The Hall–Kier alpha value is -0.620. The maximum absolute atomic E-state index is 11.7. The molecule has 6 heteroatoms. The summed E-state index contributed by atoms with van der Waals surface area (Å²) in [6, 6.07) is 3.51. The summed E-state index contributed by atoms with van der Waals surface area (Å²) < 4.78 is 0.654. The molecule has 1 saturated heterocycles. The number of thiophene rings is 1. The summed E-state index contributed by atoms with van der Waals surface area (Å²) in [5.74, 6) is -0.0211. The quantitative estimate of drug-likeness (QED) is 0.805. The van der Waals surface area contributed by atoms with E-state index in [-0.39, 0.29) is 5.91 Å². The molecule has 0 aliphatic carbocycles. The highest BCUT2D eigenvalue weighted by atomic mass is 35.5. The fraction of sp³-hybridized carbons (Fsp3) is 0.583. The number of piperazine rings is 1. The van der Waals surface area contributed by atoms with Crippen LogP contribution in [0.4, 0.5) is 0 Å². The van der Waals surface area contributed by atoms with Crippen LogP contribution in [0.3, 0.4) is 0 Å². The maximum atomic E-state index is 11.7. The van der Waals surface area contributed by atoms with Gasteiger partial charge >= 0.3 is 0 Å². The van der Waals surface area contributed by atoms with Crippen LogP contribution in [0.15, 0.2) is 12.1 Å². The fourth-order valence-electron chi connectivity index (χ4n) is 1.96. The molecule has 100 valence electrons. The van der Waals surface area contributed by atoms with Crippen LogP contribution in [0, 0.1) is 0 Å². The van der Waals surface area contributed by atoms with Crippen LogP contribution in [0.25, 0.3) is 0 Å². The van der Waals surface area contributed by atoms with Gasteiger partial charge in [0.15, 0.2) is 0 Å². The van der Waals surface area contributed by atoms with Crippen LogP contribution >= 0.6 is 22.9 Å². The van der Waals surface area contributed by atoms with Crippen molar-refractivity contribution >= 4 is 28.8 Å². The molecule has 2 heterocycles. The molecule has 0 bridgehead atoms. The highest BCUT2D eigenvalue weighted by Gasteiger charge is 2.10. The lowest BCUT2D eigenvalue weighted by atomic mass is 10.3. The highest BCUT2D eigenvalue weighted by Crippen LogP contribution is 2.20. The minimum absolute atomic E-state index is 0.0211. The third kappa shape index (κ3) is 4.24. The molecular weight excluding hydrogens is 270 g/mol. The highest BCUT2D eigenvalue weighted by molar-refractivity contribution is 7.17. The van der Waals surface area contributed by atoms with Crippen molar-refractivity contribution in [3.63, 3.8) is 0 Å². The second-order valence-corrected chi connectivity index (χ2v) is 6.02. The van der Waals surface area contributed by atoms with Crippen LogP contribution in [0.2, 0.25) is 4.34 Å². The topological polar surface area (TPSA) is 44.4 Å². The normalized spacial score (nSPS) is 16.7. The number of halogens is 1. The van der Waals surface area contributed by atoms with Crippen molar-refractivity contribution in [3.8, 4) is 0 Å². The predicted octanol–water partition coefficient (Wildman–Crippen LogP) is 1.43. The molecule has 2 rings (SSSR count). The molecule has 0 radical (unpaired) electrons. The second-order valence-electron chi connectivity index (χ2n) is 4.30. The number of carbonyl (C=O) groups is 1. The van der Waals surface area contributed by atoms with Gasteiger partial charge in [-0.25, -0.2) is 0 Å². The molecule has 1 aliphatic heterocycles. The van der Waals surface area contributed by atoms with Gasteiger partial charge in [0.2, 0.25) is 0 Å². The van der Waals surface area contributed by atoms with Crippen molar-refractivity contribution in [2.24, 2.45) is 0 Å². The van der Waals surface area contributed by atoms with Gasteiger partial charge in [-0.2, -0.15) is 0 Å². The lowest BCUT2D eigenvalue weighted by Crippen LogP contribution is -2.44. The smallest absolute Gasteiger partial charge is 0.261 e. The largest absolute Gasteiger partial charge is 0.351 e. The molecule has 1 amide bonds. The average molecular weight is 288 g/mol. The molecule has 1 aromatic rings. The van der Waals surface area contributed by atoms with E-state index in [1.165, 1.54) is 11.3 Å². The van der Waals surface area contributed by atoms with E-state index in [0.29, 0.717) is 9.21 Å². The lowest BCUT2D eigenvalue weighted by Gasteiger charge is -2.27. The Morgan fingerprint density at radius 3 is 2.89 bits per heavy atom. The van der Waals surface area contributed by atoms with Gasteiger partial charge in [0.1, 0.15) is 0 Å². The first-order chi connectivity index (χ1) is 8.75. The van der Waals surface area contributed by atoms with Crippen molar-refractivity contribution in [1.82, 2.24) is 15.5 Å². The van der Waals surface area contributed by atoms with E-state index in [1.807, 2.05) is 0 Å². The van der Waals surface area contributed by atoms with Gasteiger partial charge in [-0.05, 0) is 25.1 Å². The number of hydrogen-bond donors (Lipinski definition) is 2. The summed E-state index contributed by atoms with van der Waals surface area (Å²) in [6.45, 7) is 6.12. The number of nitrogens with zero attached hydrogens (tertiary/aromatic N) is 1. The van der Waals surface area contributed by atoms with E-state index in [4.69, 9.17) is 11.6 Å². The molecule has 0 unspecified atom stereocenters. The number of amides is 1. The summed E-state index contributed by atoms with van der Waals surface area (Å²) in [5.41, 5.74) is 0. The Labute approximate surface area is 116 Å². The van der Waals surface area contributed by atoms with Gasteiger partial charge in [-0.15, -0.1) is 11.3 Å². The Morgan fingerprint density at radius 1 is 1.44 bits per heavy atom. The maximum Gasteiger partial charge on any atom is 0.261 e. The van der Waals surface area contributed by atoms with Gasteiger partial charge in [0.05, 0.1) is 9.21 Å². The zero-order valence-corrected chi connectivity index (χ0v) is 11.8. The summed E-state index contributed by atoms with van der Waals surface area (Å²) in [4.78, 5) is 14.8. The number of hydrogen-bond acceptors (Lipinski definition) is 4. The first-order valence-electron chi connectivity index (χ1n) is 6.22. The van der Waals surface area contributed by atoms with E-state index in [9.17, 15) is 4.79 Å². The Morgan fingerprint density at radius 2 is 2.22 bits per heavy atom. The van der Waals surface area contributed by atoms with Gasteiger partial charge in [-0.3, -0.25) is 4.79 Å². The summed E-state index contributed by atoms with van der Waals surface area (Å²) in [7, 11) is 0. The lowest BCUT2D eigenvalue weighted by molar-refractivity contribution is 0.0955. The van der Waals surface area contributed by atoms with Gasteiger partial charge < -0.3 is 15.5 Å². The van der Waals surface area contributed by atoms with E-state index in [0.717, 1.165) is 45.7 Å². The SMILES string of the molecule is O=C(NCCCN1CCNCC1)c1ccc(Cl)s1. The zero-order chi connectivity index (χ0) is 12.8. The minimum Gasteiger partial charge on any atom is -0.351 e. The first kappa shape index (κ1) is 13.8. The van der Waals surface area contributed by atoms with E-state index in [1.54, 1.807) is 12.1 Å². The van der Waals surface area contributed by atoms with Gasteiger partial charge in [0, 0.05) is 32.7 Å². The van der Waals surface area contributed by atoms with E-state index in [2.05, 4.69) is 15.5 Å². The summed E-state index contributed by atoms with van der Waals surface area (Å²) in [5, 5.41) is 6.25. The second kappa shape index (κ2) is 7.09. The first-order valence-corrected chi connectivity index (χ1v) is 7.42. The van der Waals surface area contributed by atoms with Crippen molar-refractivity contribution in [3.05, 3.63) is 21.3 Å². The molecule has 0 saturated carbocycles. The molecular formula is C12H18ClN3OS. The standard InChI is InChI=1S/C12H18ClN3OS/c13-11-3-2-10(18-11)12(17)15-4-1-7-16-8-5-14-6-9-16/h2-3,14H,1,4-9H2,(H,15,17). The minimum atomic E-state index is -0.0211. The molecule has 0 aromatic carbocycles. The van der Waals surface area contributed by atoms with Crippen LogP contribution in [0.5, 0.6) is 0 Å². The summed E-state index contributed by atoms with van der Waals surface area (Å²) >= 11 is 7.11. The van der Waals surface area contributed by atoms with Crippen molar-refractivity contribution < 1.29 is 4.79 Å². The molecule has 1 fully saturated rings. The molecule has 2 N–H and O–H groups in total. The predicted molar refractivity (Wildman–Crippen MR) is 75.6 cm³/mol. The van der Waals surface area contributed by atoms with Crippen LogP contribution in [0.1, 0.15) is 16.1 Å². The Balaban J connectivity index is 1.61. The van der Waals surface area contributed by atoms with E-state index >= 15 is 0 Å².